The molecule has 0 unspecified atom stereocenters. The Labute approximate surface area is 160 Å². The van der Waals surface area contributed by atoms with Crippen molar-refractivity contribution in [3.8, 4) is 11.5 Å². The van der Waals surface area contributed by atoms with Crippen LogP contribution in [0.25, 0.3) is 0 Å². The Kier molecular flexibility index (Phi) is 10.6. The molecule has 5 nitrogen and oxygen atoms in total. The Morgan fingerprint density at radius 2 is 1.23 bits per heavy atom. The summed E-state index contributed by atoms with van der Waals surface area (Å²) in [4.78, 5) is 7.02. The van der Waals surface area contributed by atoms with Gasteiger partial charge in [-0.2, -0.15) is 0 Å². The summed E-state index contributed by atoms with van der Waals surface area (Å²) in [6.45, 7) is 10.3. The van der Waals surface area contributed by atoms with E-state index in [9.17, 15) is 0 Å². The predicted octanol–water partition coefficient (Wildman–Crippen LogP) is 2.90. The smallest absolute Gasteiger partial charge is 0.122 e. The standard InChI is InChI=1S/C21H39N3O2/c1-18-17-21(19(2)16-20(18)25-7)26-15-14-24(12-8-10-22(3)4)13-9-11-23(5)6/h16-17H,8-15H2,1-7H3. The van der Waals surface area contributed by atoms with Gasteiger partial charge in [-0.15, -0.1) is 0 Å². The maximum atomic E-state index is 6.08. The Balaban J connectivity index is 2.51. The third kappa shape index (κ3) is 8.88. The number of nitrogens with zero attached hydrogens (tertiary/aromatic N) is 3. The van der Waals surface area contributed by atoms with E-state index in [2.05, 4.69) is 68.9 Å². The normalized spacial score (nSPS) is 11.6. The molecule has 1 rings (SSSR count). The van der Waals surface area contributed by atoms with Crippen molar-refractivity contribution in [1.29, 1.82) is 0 Å². The van der Waals surface area contributed by atoms with E-state index in [1.165, 1.54) is 12.8 Å². The second kappa shape index (κ2) is 12.2. The SMILES string of the molecule is COc1cc(C)c(OCCN(CCCN(C)C)CCCN(C)C)cc1C. The molecule has 0 heterocycles. The zero-order valence-electron chi connectivity index (χ0n) is 18.0. The fourth-order valence-corrected chi connectivity index (χ4v) is 2.98. The zero-order valence-corrected chi connectivity index (χ0v) is 18.0. The number of methoxy groups -OCH3 is 1. The highest BCUT2D eigenvalue weighted by atomic mass is 16.5. The highest BCUT2D eigenvalue weighted by Gasteiger charge is 2.09. The first-order chi connectivity index (χ1) is 12.3. The van der Waals surface area contributed by atoms with Crippen LogP contribution in [-0.4, -0.2) is 89.3 Å². The van der Waals surface area contributed by atoms with E-state index >= 15 is 0 Å². The van der Waals surface area contributed by atoms with E-state index in [4.69, 9.17) is 9.47 Å². The number of hydrogen-bond donors (Lipinski definition) is 0. The van der Waals surface area contributed by atoms with Crippen molar-refractivity contribution < 1.29 is 9.47 Å². The lowest BCUT2D eigenvalue weighted by atomic mass is 10.1. The van der Waals surface area contributed by atoms with Crippen LogP contribution in [0.4, 0.5) is 0 Å². The lowest BCUT2D eigenvalue weighted by Gasteiger charge is -2.24. The summed E-state index contributed by atoms with van der Waals surface area (Å²) in [5.41, 5.74) is 2.24. The van der Waals surface area contributed by atoms with Crippen LogP contribution in [0.2, 0.25) is 0 Å². The van der Waals surface area contributed by atoms with Gasteiger partial charge < -0.3 is 19.3 Å². The van der Waals surface area contributed by atoms with Crippen LogP contribution >= 0.6 is 0 Å². The molecule has 1 aromatic carbocycles. The van der Waals surface area contributed by atoms with Gasteiger partial charge in [-0.1, -0.05) is 0 Å². The van der Waals surface area contributed by atoms with Crippen LogP contribution < -0.4 is 9.47 Å². The highest BCUT2D eigenvalue weighted by molar-refractivity contribution is 5.45. The Hall–Kier alpha value is -1.30. The van der Waals surface area contributed by atoms with Crippen molar-refractivity contribution in [3.63, 3.8) is 0 Å². The molecule has 0 N–H and O–H groups in total. The molecule has 1 aromatic rings. The highest BCUT2D eigenvalue weighted by Crippen LogP contribution is 2.27. The van der Waals surface area contributed by atoms with Crippen molar-refractivity contribution in [2.75, 3.05) is 74.6 Å². The minimum absolute atomic E-state index is 0.719. The molecule has 150 valence electrons. The predicted molar refractivity (Wildman–Crippen MR) is 111 cm³/mol. The molecule has 0 bridgehead atoms. The second-order valence-corrected chi connectivity index (χ2v) is 7.59. The number of ether oxygens (including phenoxy) is 2. The van der Waals surface area contributed by atoms with Gasteiger partial charge in [0.15, 0.2) is 0 Å². The first kappa shape index (κ1) is 22.7. The van der Waals surface area contributed by atoms with Gasteiger partial charge in [-0.05, 0) is 104 Å². The topological polar surface area (TPSA) is 28.2 Å². The molecule has 5 heteroatoms. The molecule has 0 atom stereocenters. The molecule has 0 saturated carbocycles. The first-order valence-electron chi connectivity index (χ1n) is 9.63. The third-order valence-electron chi connectivity index (χ3n) is 4.52. The molecule has 26 heavy (non-hydrogen) atoms. The second-order valence-electron chi connectivity index (χ2n) is 7.59. The van der Waals surface area contributed by atoms with Gasteiger partial charge in [0.1, 0.15) is 18.1 Å². The zero-order chi connectivity index (χ0) is 19.5. The fraction of sp³-hybridized carbons (Fsp3) is 0.714. The maximum Gasteiger partial charge on any atom is 0.122 e. The quantitative estimate of drug-likeness (QED) is 0.536. The molecule has 0 spiro atoms. The van der Waals surface area contributed by atoms with Crippen molar-refractivity contribution in [1.82, 2.24) is 14.7 Å². The molecule has 0 aromatic heterocycles. The molecule has 0 aliphatic rings. The fourth-order valence-electron chi connectivity index (χ4n) is 2.98. The molecule has 0 saturated heterocycles. The molecular weight excluding hydrogens is 326 g/mol. The molecule has 0 aliphatic carbocycles. The van der Waals surface area contributed by atoms with Crippen molar-refractivity contribution in [3.05, 3.63) is 23.3 Å². The van der Waals surface area contributed by atoms with Gasteiger partial charge in [0.2, 0.25) is 0 Å². The van der Waals surface area contributed by atoms with Crippen molar-refractivity contribution >= 4 is 0 Å². The van der Waals surface area contributed by atoms with Crippen molar-refractivity contribution in [2.45, 2.75) is 26.7 Å². The summed E-state index contributed by atoms with van der Waals surface area (Å²) in [5, 5.41) is 0. The van der Waals surface area contributed by atoms with E-state index in [1.54, 1.807) is 7.11 Å². The Morgan fingerprint density at radius 3 is 1.73 bits per heavy atom. The first-order valence-corrected chi connectivity index (χ1v) is 9.63. The minimum atomic E-state index is 0.719. The van der Waals surface area contributed by atoms with Crippen LogP contribution in [0.3, 0.4) is 0 Å². The maximum absolute atomic E-state index is 6.08. The molecule has 0 aliphatic heterocycles. The number of hydrogen-bond acceptors (Lipinski definition) is 5. The lowest BCUT2D eigenvalue weighted by Crippen LogP contribution is -2.33. The van der Waals surface area contributed by atoms with Crippen LogP contribution in [0.1, 0.15) is 24.0 Å². The van der Waals surface area contributed by atoms with E-state index in [0.717, 1.165) is 62.0 Å². The number of aryl methyl sites for hydroxylation is 2. The van der Waals surface area contributed by atoms with Crippen molar-refractivity contribution in [2.24, 2.45) is 0 Å². The average Bonchev–Trinajstić information content (AvgIpc) is 2.56. The third-order valence-corrected chi connectivity index (χ3v) is 4.52. The van der Waals surface area contributed by atoms with E-state index in [-0.39, 0.29) is 0 Å². The minimum Gasteiger partial charge on any atom is -0.496 e. The lowest BCUT2D eigenvalue weighted by molar-refractivity contribution is 0.194. The van der Waals surface area contributed by atoms with Gasteiger partial charge in [-0.25, -0.2) is 0 Å². The average molecular weight is 366 g/mol. The van der Waals surface area contributed by atoms with Gasteiger partial charge in [-0.3, -0.25) is 4.90 Å². The molecular formula is C21H39N3O2. The number of rotatable bonds is 13. The Bertz CT molecular complexity index is 504. The number of benzene rings is 1. The van der Waals surface area contributed by atoms with Crippen LogP contribution in [0.15, 0.2) is 12.1 Å². The summed E-state index contributed by atoms with van der Waals surface area (Å²) in [5.74, 6) is 1.88. The Morgan fingerprint density at radius 1 is 0.731 bits per heavy atom. The molecule has 0 fully saturated rings. The molecule has 0 radical (unpaired) electrons. The van der Waals surface area contributed by atoms with Gasteiger partial charge in [0, 0.05) is 6.54 Å². The van der Waals surface area contributed by atoms with E-state index in [0.29, 0.717) is 0 Å². The van der Waals surface area contributed by atoms with Gasteiger partial charge in [0.05, 0.1) is 7.11 Å². The van der Waals surface area contributed by atoms with Crippen LogP contribution in [0, 0.1) is 13.8 Å². The summed E-state index contributed by atoms with van der Waals surface area (Å²) >= 11 is 0. The summed E-state index contributed by atoms with van der Waals surface area (Å²) < 4.78 is 11.5. The van der Waals surface area contributed by atoms with E-state index in [1.807, 2.05) is 0 Å². The van der Waals surface area contributed by atoms with E-state index < -0.39 is 0 Å². The summed E-state index contributed by atoms with van der Waals surface area (Å²) in [6, 6.07) is 4.13. The van der Waals surface area contributed by atoms with Gasteiger partial charge >= 0.3 is 0 Å². The van der Waals surface area contributed by atoms with Crippen LogP contribution in [0.5, 0.6) is 11.5 Å². The van der Waals surface area contributed by atoms with Crippen LogP contribution in [-0.2, 0) is 0 Å². The largest absolute Gasteiger partial charge is 0.496 e. The molecule has 0 amide bonds. The monoisotopic (exact) mass is 365 g/mol. The summed E-state index contributed by atoms with van der Waals surface area (Å²) in [6.07, 6.45) is 2.38. The van der Waals surface area contributed by atoms with Gasteiger partial charge in [0.25, 0.3) is 0 Å². The summed E-state index contributed by atoms with van der Waals surface area (Å²) in [7, 11) is 10.2.